The fourth-order valence-corrected chi connectivity index (χ4v) is 3.87. The maximum absolute atomic E-state index is 5.99. The Kier molecular flexibility index (Phi) is 3.53. The summed E-state index contributed by atoms with van der Waals surface area (Å²) in [6.45, 7) is 1.87. The molecule has 1 aliphatic heterocycles. The van der Waals surface area contributed by atoms with Gasteiger partial charge in [-0.25, -0.2) is 4.98 Å². The SMILES string of the molecule is c1cc2c(OCCC3CCCCN3)nc3ccsc3n2c1. The Hall–Kier alpha value is -1.59. The molecule has 110 valence electrons. The molecular weight excluding hydrogens is 282 g/mol. The van der Waals surface area contributed by atoms with Crippen molar-refractivity contribution in [3.05, 3.63) is 29.8 Å². The van der Waals surface area contributed by atoms with Crippen LogP contribution in [0.15, 0.2) is 29.8 Å². The van der Waals surface area contributed by atoms with E-state index in [4.69, 9.17) is 4.74 Å². The van der Waals surface area contributed by atoms with Crippen molar-refractivity contribution in [2.24, 2.45) is 0 Å². The summed E-state index contributed by atoms with van der Waals surface area (Å²) in [5.41, 5.74) is 2.07. The number of hydrogen-bond acceptors (Lipinski definition) is 4. The number of rotatable bonds is 4. The topological polar surface area (TPSA) is 38.6 Å². The number of hydrogen-bond donors (Lipinski definition) is 1. The average molecular weight is 301 g/mol. The largest absolute Gasteiger partial charge is 0.476 e. The molecule has 4 nitrogen and oxygen atoms in total. The van der Waals surface area contributed by atoms with Gasteiger partial charge in [-0.1, -0.05) is 6.42 Å². The molecule has 21 heavy (non-hydrogen) atoms. The third kappa shape index (κ3) is 2.51. The zero-order valence-electron chi connectivity index (χ0n) is 11.9. The minimum Gasteiger partial charge on any atom is -0.476 e. The van der Waals surface area contributed by atoms with Crippen molar-refractivity contribution in [2.75, 3.05) is 13.2 Å². The van der Waals surface area contributed by atoms with Gasteiger partial charge in [-0.3, -0.25) is 0 Å². The molecule has 0 amide bonds. The third-order valence-corrected chi connectivity index (χ3v) is 5.05. The van der Waals surface area contributed by atoms with E-state index in [1.165, 1.54) is 24.1 Å². The van der Waals surface area contributed by atoms with Gasteiger partial charge in [0.1, 0.15) is 15.9 Å². The molecule has 1 saturated heterocycles. The van der Waals surface area contributed by atoms with E-state index in [1.807, 2.05) is 6.07 Å². The Balaban J connectivity index is 1.53. The molecule has 3 aromatic rings. The average Bonchev–Trinajstić information content (AvgIpc) is 3.16. The minimum atomic E-state index is 0.603. The summed E-state index contributed by atoms with van der Waals surface area (Å²) in [5, 5.41) is 5.64. The monoisotopic (exact) mass is 301 g/mol. The Bertz CT molecular complexity index is 742. The molecule has 4 rings (SSSR count). The lowest BCUT2D eigenvalue weighted by Crippen LogP contribution is -2.35. The summed E-state index contributed by atoms with van der Waals surface area (Å²) in [7, 11) is 0. The quantitative estimate of drug-likeness (QED) is 0.802. The molecule has 5 heteroatoms. The van der Waals surface area contributed by atoms with Crippen LogP contribution in [-0.2, 0) is 0 Å². The van der Waals surface area contributed by atoms with E-state index in [0.29, 0.717) is 6.04 Å². The Morgan fingerprint density at radius 2 is 2.38 bits per heavy atom. The zero-order valence-corrected chi connectivity index (χ0v) is 12.7. The van der Waals surface area contributed by atoms with Gasteiger partial charge in [0.05, 0.1) is 6.61 Å². The van der Waals surface area contributed by atoms with Crippen molar-refractivity contribution >= 4 is 27.2 Å². The zero-order chi connectivity index (χ0) is 14.1. The fourth-order valence-electron chi connectivity index (χ4n) is 3.03. The number of piperidine rings is 1. The second kappa shape index (κ2) is 5.66. The second-order valence-electron chi connectivity index (χ2n) is 5.58. The van der Waals surface area contributed by atoms with Crippen LogP contribution in [0.4, 0.5) is 0 Å². The van der Waals surface area contributed by atoms with Gasteiger partial charge in [0.25, 0.3) is 0 Å². The van der Waals surface area contributed by atoms with Crippen molar-refractivity contribution in [3.8, 4) is 5.88 Å². The van der Waals surface area contributed by atoms with E-state index >= 15 is 0 Å². The number of fused-ring (bicyclic) bond motifs is 3. The van der Waals surface area contributed by atoms with Crippen LogP contribution >= 0.6 is 11.3 Å². The van der Waals surface area contributed by atoms with E-state index in [2.05, 4.69) is 38.4 Å². The van der Waals surface area contributed by atoms with Crippen molar-refractivity contribution in [1.82, 2.24) is 14.7 Å². The van der Waals surface area contributed by atoms with E-state index in [1.54, 1.807) is 11.3 Å². The second-order valence-corrected chi connectivity index (χ2v) is 6.47. The maximum Gasteiger partial charge on any atom is 0.238 e. The van der Waals surface area contributed by atoms with Gasteiger partial charge in [-0.05, 0) is 49.4 Å². The molecule has 1 unspecified atom stereocenters. The van der Waals surface area contributed by atoms with Gasteiger partial charge in [0.15, 0.2) is 0 Å². The highest BCUT2D eigenvalue weighted by molar-refractivity contribution is 7.16. The van der Waals surface area contributed by atoms with Gasteiger partial charge in [-0.2, -0.15) is 0 Å². The van der Waals surface area contributed by atoms with Gasteiger partial charge in [0, 0.05) is 12.2 Å². The molecule has 1 aliphatic rings. The van der Waals surface area contributed by atoms with Crippen LogP contribution < -0.4 is 10.1 Å². The van der Waals surface area contributed by atoms with Crippen molar-refractivity contribution < 1.29 is 4.74 Å². The predicted octanol–water partition coefficient (Wildman–Crippen LogP) is 3.46. The minimum absolute atomic E-state index is 0.603. The molecule has 0 aromatic carbocycles. The highest BCUT2D eigenvalue weighted by Crippen LogP contribution is 2.27. The van der Waals surface area contributed by atoms with Crippen LogP contribution in [0.25, 0.3) is 15.9 Å². The van der Waals surface area contributed by atoms with Crippen LogP contribution in [0, 0.1) is 0 Å². The first-order valence-electron chi connectivity index (χ1n) is 7.62. The summed E-state index contributed by atoms with van der Waals surface area (Å²) < 4.78 is 8.16. The number of nitrogens with zero attached hydrogens (tertiary/aromatic N) is 2. The van der Waals surface area contributed by atoms with Gasteiger partial charge >= 0.3 is 0 Å². The van der Waals surface area contributed by atoms with Crippen molar-refractivity contribution in [3.63, 3.8) is 0 Å². The lowest BCUT2D eigenvalue weighted by atomic mass is 10.0. The summed E-state index contributed by atoms with van der Waals surface area (Å²) in [6.07, 6.45) is 7.03. The predicted molar refractivity (Wildman–Crippen MR) is 86.3 cm³/mol. The third-order valence-electron chi connectivity index (χ3n) is 4.15. The molecule has 0 radical (unpaired) electrons. The van der Waals surface area contributed by atoms with Crippen LogP contribution in [0.5, 0.6) is 5.88 Å². The Morgan fingerprint density at radius 1 is 1.38 bits per heavy atom. The molecule has 3 aromatic heterocycles. The lowest BCUT2D eigenvalue weighted by molar-refractivity contribution is 0.263. The van der Waals surface area contributed by atoms with Crippen LogP contribution in [-0.4, -0.2) is 28.6 Å². The van der Waals surface area contributed by atoms with E-state index in [0.717, 1.165) is 36.5 Å². The van der Waals surface area contributed by atoms with Crippen LogP contribution in [0.2, 0.25) is 0 Å². The van der Waals surface area contributed by atoms with Gasteiger partial charge in [-0.15, -0.1) is 11.3 Å². The van der Waals surface area contributed by atoms with Gasteiger partial charge < -0.3 is 14.5 Å². The van der Waals surface area contributed by atoms with Crippen molar-refractivity contribution in [1.29, 1.82) is 0 Å². The molecular formula is C16H19N3OS. The first kappa shape index (κ1) is 13.1. The first-order chi connectivity index (χ1) is 10.4. The summed E-state index contributed by atoms with van der Waals surface area (Å²) in [4.78, 5) is 5.84. The lowest BCUT2D eigenvalue weighted by Gasteiger charge is -2.23. The Labute approximate surface area is 127 Å². The number of ether oxygens (including phenoxy) is 1. The highest BCUT2D eigenvalue weighted by Gasteiger charge is 2.14. The number of nitrogens with one attached hydrogen (secondary N) is 1. The van der Waals surface area contributed by atoms with E-state index in [-0.39, 0.29) is 0 Å². The summed E-state index contributed by atoms with van der Waals surface area (Å²) in [6, 6.07) is 6.77. The standard InChI is InChI=1S/C16H19N3OS/c1-2-8-17-12(4-1)6-10-20-15-14-5-3-9-19(14)16-13(18-15)7-11-21-16/h3,5,7,9,11-12,17H,1-2,4,6,8,10H2. The summed E-state index contributed by atoms with van der Waals surface area (Å²) in [5.74, 6) is 0.752. The van der Waals surface area contributed by atoms with Crippen molar-refractivity contribution in [2.45, 2.75) is 31.7 Å². The Morgan fingerprint density at radius 3 is 3.29 bits per heavy atom. The first-order valence-corrected chi connectivity index (χ1v) is 8.50. The molecule has 0 saturated carbocycles. The molecule has 1 N–H and O–H groups in total. The number of thiophene rings is 1. The van der Waals surface area contributed by atoms with Crippen LogP contribution in [0.3, 0.4) is 0 Å². The normalized spacial score (nSPS) is 19.3. The summed E-state index contributed by atoms with van der Waals surface area (Å²) >= 11 is 1.71. The molecule has 4 heterocycles. The van der Waals surface area contributed by atoms with Gasteiger partial charge in [0.2, 0.25) is 5.88 Å². The maximum atomic E-state index is 5.99. The highest BCUT2D eigenvalue weighted by atomic mass is 32.1. The van der Waals surface area contributed by atoms with E-state index in [9.17, 15) is 0 Å². The molecule has 0 spiro atoms. The molecule has 1 atom stereocenters. The smallest absolute Gasteiger partial charge is 0.238 e. The molecule has 0 aliphatic carbocycles. The van der Waals surface area contributed by atoms with Crippen LogP contribution in [0.1, 0.15) is 25.7 Å². The molecule has 1 fully saturated rings. The molecule has 0 bridgehead atoms. The number of aromatic nitrogens is 2. The van der Waals surface area contributed by atoms with E-state index < -0.39 is 0 Å². The fraction of sp³-hybridized carbons (Fsp3) is 0.438.